The van der Waals surface area contributed by atoms with Crippen molar-refractivity contribution in [3.05, 3.63) is 80.9 Å². The summed E-state index contributed by atoms with van der Waals surface area (Å²) >= 11 is 9.37. The molecule has 6 nitrogen and oxygen atoms in total. The van der Waals surface area contributed by atoms with Gasteiger partial charge in [-0.15, -0.1) is 0 Å². The maximum atomic E-state index is 12.6. The van der Waals surface area contributed by atoms with Crippen molar-refractivity contribution in [1.29, 1.82) is 0 Å². The maximum absolute atomic E-state index is 12.6. The number of aryl methyl sites for hydroxylation is 1. The summed E-state index contributed by atoms with van der Waals surface area (Å²) in [6.07, 6.45) is -0.266. The molecule has 1 aliphatic rings. The van der Waals surface area contributed by atoms with E-state index in [0.29, 0.717) is 23.8 Å². The second kappa shape index (κ2) is 8.39. The molecule has 0 fully saturated rings. The molecule has 0 saturated carbocycles. The van der Waals surface area contributed by atoms with Gasteiger partial charge in [-0.1, -0.05) is 57.0 Å². The summed E-state index contributed by atoms with van der Waals surface area (Å²) in [6, 6.07) is 17.2. The van der Waals surface area contributed by atoms with Gasteiger partial charge in [0.15, 0.2) is 5.82 Å². The molecule has 1 N–H and O–H groups in total. The van der Waals surface area contributed by atoms with Gasteiger partial charge in [0.1, 0.15) is 0 Å². The van der Waals surface area contributed by atoms with Gasteiger partial charge in [0.2, 0.25) is 6.10 Å². The van der Waals surface area contributed by atoms with E-state index in [-0.39, 0.29) is 5.91 Å². The Hall–Kier alpha value is -2.64. The molecule has 1 atom stereocenters. The van der Waals surface area contributed by atoms with E-state index in [9.17, 15) is 4.79 Å². The van der Waals surface area contributed by atoms with Crippen LogP contribution >= 0.6 is 27.5 Å². The van der Waals surface area contributed by atoms with Gasteiger partial charge in [0, 0.05) is 33.2 Å². The SMILES string of the molecule is Cc1cc(NC(=O)[C@H]2CC(c3cccc(Br)c3)=NO2)nn1Cc1ccc(Cl)cc1. The van der Waals surface area contributed by atoms with Gasteiger partial charge < -0.3 is 10.2 Å². The van der Waals surface area contributed by atoms with E-state index in [4.69, 9.17) is 16.4 Å². The van der Waals surface area contributed by atoms with Crippen molar-refractivity contribution in [3.8, 4) is 0 Å². The fourth-order valence-corrected chi connectivity index (χ4v) is 3.58. The maximum Gasteiger partial charge on any atom is 0.269 e. The first-order valence-corrected chi connectivity index (χ1v) is 10.2. The van der Waals surface area contributed by atoms with E-state index in [1.807, 2.05) is 66.2 Å². The van der Waals surface area contributed by atoms with Gasteiger partial charge in [-0.3, -0.25) is 9.48 Å². The number of halogens is 2. The zero-order chi connectivity index (χ0) is 20.4. The minimum atomic E-state index is -0.675. The summed E-state index contributed by atoms with van der Waals surface area (Å²) in [6.45, 7) is 2.54. The summed E-state index contributed by atoms with van der Waals surface area (Å²) in [5.41, 5.74) is 3.69. The lowest BCUT2D eigenvalue weighted by Gasteiger charge is -2.07. The van der Waals surface area contributed by atoms with E-state index >= 15 is 0 Å². The number of carbonyl (C=O) groups excluding carboxylic acids is 1. The first-order valence-electron chi connectivity index (χ1n) is 9.06. The largest absolute Gasteiger partial charge is 0.382 e. The van der Waals surface area contributed by atoms with Gasteiger partial charge in [0.05, 0.1) is 12.3 Å². The molecule has 29 heavy (non-hydrogen) atoms. The highest BCUT2D eigenvalue weighted by atomic mass is 79.9. The van der Waals surface area contributed by atoms with Crippen LogP contribution in [0, 0.1) is 6.92 Å². The number of nitrogens with zero attached hydrogens (tertiary/aromatic N) is 3. The molecule has 148 valence electrons. The molecule has 0 aliphatic carbocycles. The normalized spacial score (nSPS) is 15.7. The minimum absolute atomic E-state index is 0.269. The number of hydrogen-bond acceptors (Lipinski definition) is 4. The van der Waals surface area contributed by atoms with Crippen LogP contribution in [0.25, 0.3) is 0 Å². The number of hydrogen-bond donors (Lipinski definition) is 1. The highest BCUT2D eigenvalue weighted by Gasteiger charge is 2.29. The minimum Gasteiger partial charge on any atom is -0.382 e. The van der Waals surface area contributed by atoms with E-state index < -0.39 is 6.10 Å². The van der Waals surface area contributed by atoms with E-state index in [1.165, 1.54) is 0 Å². The van der Waals surface area contributed by atoms with Gasteiger partial charge >= 0.3 is 0 Å². The quantitative estimate of drug-likeness (QED) is 0.579. The average molecular weight is 474 g/mol. The average Bonchev–Trinajstić information content (AvgIpc) is 3.31. The van der Waals surface area contributed by atoms with Crippen LogP contribution in [0.4, 0.5) is 5.82 Å². The number of oxime groups is 1. The Kier molecular flexibility index (Phi) is 5.69. The summed E-state index contributed by atoms with van der Waals surface area (Å²) < 4.78 is 2.78. The van der Waals surface area contributed by atoms with Crippen LogP contribution in [-0.2, 0) is 16.2 Å². The number of nitrogens with one attached hydrogen (secondary N) is 1. The van der Waals surface area contributed by atoms with Crippen LogP contribution < -0.4 is 5.32 Å². The van der Waals surface area contributed by atoms with E-state index in [1.54, 1.807) is 0 Å². The van der Waals surface area contributed by atoms with Gasteiger partial charge in [-0.2, -0.15) is 5.10 Å². The second-order valence-electron chi connectivity index (χ2n) is 6.79. The number of anilines is 1. The summed E-state index contributed by atoms with van der Waals surface area (Å²) in [5.74, 6) is 0.218. The van der Waals surface area contributed by atoms with Crippen molar-refractivity contribution in [3.63, 3.8) is 0 Å². The molecule has 2 heterocycles. The fraction of sp³-hybridized carbons (Fsp3) is 0.190. The summed E-state index contributed by atoms with van der Waals surface area (Å²) in [4.78, 5) is 17.9. The van der Waals surface area contributed by atoms with Crippen molar-refractivity contribution in [2.24, 2.45) is 5.16 Å². The van der Waals surface area contributed by atoms with Crippen LogP contribution in [0.2, 0.25) is 5.02 Å². The molecule has 4 rings (SSSR count). The Morgan fingerprint density at radius 3 is 2.83 bits per heavy atom. The van der Waals surface area contributed by atoms with Crippen LogP contribution in [0.5, 0.6) is 0 Å². The first kappa shape index (κ1) is 19.7. The second-order valence-corrected chi connectivity index (χ2v) is 8.14. The predicted octanol–water partition coefficient (Wildman–Crippen LogP) is 4.79. The molecule has 0 radical (unpaired) electrons. The number of aromatic nitrogens is 2. The molecule has 2 aromatic carbocycles. The number of benzene rings is 2. The Morgan fingerprint density at radius 2 is 2.07 bits per heavy atom. The van der Waals surface area contributed by atoms with Crippen molar-refractivity contribution in [2.75, 3.05) is 5.32 Å². The molecule has 1 aliphatic heterocycles. The van der Waals surface area contributed by atoms with Crippen LogP contribution in [0.15, 0.2) is 64.2 Å². The molecule has 1 amide bonds. The zero-order valence-corrected chi connectivity index (χ0v) is 17.9. The van der Waals surface area contributed by atoms with E-state index in [0.717, 1.165) is 27.0 Å². The standard InChI is InChI=1S/C21H18BrClN4O2/c1-13-9-20(25-27(13)12-14-5-7-17(23)8-6-14)24-21(28)19-11-18(26-29-19)15-3-2-4-16(22)10-15/h2-10,19H,11-12H2,1H3,(H,24,25,28)/t19-/m1/s1. The van der Waals surface area contributed by atoms with Crippen LogP contribution in [0.3, 0.4) is 0 Å². The van der Waals surface area contributed by atoms with Crippen molar-refractivity contribution < 1.29 is 9.63 Å². The van der Waals surface area contributed by atoms with Gasteiger partial charge in [-0.25, -0.2) is 0 Å². The number of rotatable bonds is 5. The molecular weight excluding hydrogens is 456 g/mol. The Morgan fingerprint density at radius 1 is 1.28 bits per heavy atom. The molecular formula is C21H18BrClN4O2. The Balaban J connectivity index is 1.38. The Bertz CT molecular complexity index is 1080. The molecule has 0 saturated heterocycles. The third kappa shape index (κ3) is 4.68. The highest BCUT2D eigenvalue weighted by Crippen LogP contribution is 2.21. The third-order valence-corrected chi connectivity index (χ3v) is 5.34. The fourth-order valence-electron chi connectivity index (χ4n) is 3.06. The Labute approximate surface area is 181 Å². The third-order valence-electron chi connectivity index (χ3n) is 4.60. The molecule has 0 bridgehead atoms. The lowest BCUT2D eigenvalue weighted by atomic mass is 10.0. The summed E-state index contributed by atoms with van der Waals surface area (Å²) in [7, 11) is 0. The van der Waals surface area contributed by atoms with Crippen LogP contribution in [0.1, 0.15) is 23.2 Å². The lowest BCUT2D eigenvalue weighted by molar-refractivity contribution is -0.125. The highest BCUT2D eigenvalue weighted by molar-refractivity contribution is 9.10. The predicted molar refractivity (Wildman–Crippen MR) is 116 cm³/mol. The molecule has 8 heteroatoms. The molecule has 1 aromatic heterocycles. The van der Waals surface area contributed by atoms with Crippen molar-refractivity contribution in [2.45, 2.75) is 26.0 Å². The van der Waals surface area contributed by atoms with E-state index in [2.05, 4.69) is 31.5 Å². The first-order chi connectivity index (χ1) is 14.0. The topological polar surface area (TPSA) is 68.5 Å². The zero-order valence-electron chi connectivity index (χ0n) is 15.6. The van der Waals surface area contributed by atoms with Gasteiger partial charge in [-0.05, 0) is 36.8 Å². The molecule has 3 aromatic rings. The van der Waals surface area contributed by atoms with Crippen molar-refractivity contribution in [1.82, 2.24) is 9.78 Å². The molecule has 0 spiro atoms. The lowest BCUT2D eigenvalue weighted by Crippen LogP contribution is -2.28. The van der Waals surface area contributed by atoms with Gasteiger partial charge in [0.25, 0.3) is 5.91 Å². The van der Waals surface area contributed by atoms with Crippen molar-refractivity contribution >= 4 is 45.0 Å². The number of amides is 1. The van der Waals surface area contributed by atoms with Crippen LogP contribution in [-0.4, -0.2) is 27.5 Å². The summed E-state index contributed by atoms with van der Waals surface area (Å²) in [5, 5.41) is 12.1. The molecule has 0 unspecified atom stereocenters. The number of carbonyl (C=O) groups is 1. The smallest absolute Gasteiger partial charge is 0.269 e. The monoisotopic (exact) mass is 472 g/mol.